The topological polar surface area (TPSA) is 63.1 Å². The standard InChI is InChI=1S/C26H21N2S.C13H24O2.Ir/c1-26(2,3)22-15-19(14-17-6-4-5-7-20(17)22)24-16-18(8-11-28-24)21-9-12-27-23-10-13-29-25(21)23;1-5-10(6-2)12(14)9-13(15)11(7-3)8-4;/h4-13,15-16H,1-3H3;9-11,14H,5-8H2,1-4H3;/q-1;;/b;12-9-;. The van der Waals surface area contributed by atoms with Crippen LogP contribution in [0.1, 0.15) is 79.7 Å². The fourth-order valence-corrected chi connectivity index (χ4v) is 6.50. The van der Waals surface area contributed by atoms with E-state index in [1.54, 1.807) is 11.3 Å². The van der Waals surface area contributed by atoms with Gasteiger partial charge >= 0.3 is 0 Å². The fourth-order valence-electron chi connectivity index (χ4n) is 5.61. The molecule has 0 fully saturated rings. The summed E-state index contributed by atoms with van der Waals surface area (Å²) in [7, 11) is 0. The largest absolute Gasteiger partial charge is 0.512 e. The average Bonchev–Trinajstić information content (AvgIpc) is 3.51. The third-order valence-electron chi connectivity index (χ3n) is 8.36. The van der Waals surface area contributed by atoms with Gasteiger partial charge in [-0.25, -0.2) is 0 Å². The van der Waals surface area contributed by atoms with Crippen molar-refractivity contribution >= 4 is 38.1 Å². The Bertz CT molecular complexity index is 1740. The van der Waals surface area contributed by atoms with Crippen LogP contribution in [-0.4, -0.2) is 20.9 Å². The molecule has 4 nitrogen and oxygen atoms in total. The second kappa shape index (κ2) is 16.4. The molecule has 5 rings (SSSR count). The minimum absolute atomic E-state index is 0. The van der Waals surface area contributed by atoms with Crippen molar-refractivity contribution in [2.75, 3.05) is 0 Å². The van der Waals surface area contributed by atoms with Gasteiger partial charge < -0.3 is 5.11 Å². The summed E-state index contributed by atoms with van der Waals surface area (Å²) in [4.78, 5) is 20.9. The molecule has 0 saturated carbocycles. The number of allylic oxidation sites excluding steroid dienone is 2. The first-order chi connectivity index (χ1) is 21.1. The van der Waals surface area contributed by atoms with Gasteiger partial charge in [-0.15, -0.1) is 40.5 Å². The van der Waals surface area contributed by atoms with Gasteiger partial charge in [-0.05, 0) is 60.2 Å². The monoisotopic (exact) mass is 798 g/mol. The number of hydrogen-bond acceptors (Lipinski definition) is 5. The van der Waals surface area contributed by atoms with E-state index in [0.29, 0.717) is 0 Å². The van der Waals surface area contributed by atoms with Gasteiger partial charge in [-0.1, -0.05) is 83.7 Å². The Morgan fingerprint density at radius 3 is 2.24 bits per heavy atom. The number of carbonyl (C=O) groups excluding carboxylic acids is 1. The first kappa shape index (κ1) is 36.3. The number of aliphatic hydroxyl groups excluding tert-OH is 1. The fraction of sp³-hybridized carbons (Fsp3) is 0.359. The van der Waals surface area contributed by atoms with E-state index in [1.165, 1.54) is 27.3 Å². The van der Waals surface area contributed by atoms with Crippen molar-refractivity contribution in [3.05, 3.63) is 95.8 Å². The zero-order valence-corrected chi connectivity index (χ0v) is 30.7. The van der Waals surface area contributed by atoms with Crippen molar-refractivity contribution in [2.24, 2.45) is 11.8 Å². The number of ketones is 1. The SMILES string of the molecule is CC(C)(C)c1cc(-c2cc(-c3ccnc4ccsc34)ccn2)[c-]c2ccccc12.CCC(CC)C(=O)/C=C(\O)C(CC)CC.[Ir]. The predicted octanol–water partition coefficient (Wildman–Crippen LogP) is 11.1. The summed E-state index contributed by atoms with van der Waals surface area (Å²) in [6.45, 7) is 14.8. The van der Waals surface area contributed by atoms with Gasteiger partial charge in [0.15, 0.2) is 5.78 Å². The first-order valence-corrected chi connectivity index (χ1v) is 16.7. The number of thiophene rings is 1. The Balaban J connectivity index is 0.000000297. The summed E-state index contributed by atoms with van der Waals surface area (Å²) in [5.41, 5.74) is 6.73. The van der Waals surface area contributed by atoms with Crippen LogP contribution in [0.15, 0.2) is 84.2 Å². The molecule has 2 aromatic carbocycles. The molecule has 1 radical (unpaired) electrons. The molecule has 0 amide bonds. The van der Waals surface area contributed by atoms with Gasteiger partial charge in [-0.2, -0.15) is 0 Å². The summed E-state index contributed by atoms with van der Waals surface area (Å²) in [6, 6.07) is 22.7. The van der Waals surface area contributed by atoms with E-state index in [2.05, 4.69) is 96.8 Å². The molecule has 3 heterocycles. The zero-order chi connectivity index (χ0) is 31.9. The Hall–Kier alpha value is -3.18. The van der Waals surface area contributed by atoms with E-state index in [1.807, 2.05) is 40.1 Å². The summed E-state index contributed by atoms with van der Waals surface area (Å²) in [5, 5.41) is 14.2. The smallest absolute Gasteiger partial charge is 0.162 e. The van der Waals surface area contributed by atoms with Gasteiger partial charge in [0.25, 0.3) is 0 Å². The van der Waals surface area contributed by atoms with Crippen LogP contribution in [0.3, 0.4) is 0 Å². The molecule has 0 unspecified atom stereocenters. The van der Waals surface area contributed by atoms with E-state index in [9.17, 15) is 9.90 Å². The minimum atomic E-state index is 0. The van der Waals surface area contributed by atoms with Crippen molar-refractivity contribution in [1.82, 2.24) is 9.97 Å². The van der Waals surface area contributed by atoms with Crippen LogP contribution in [0, 0.1) is 17.9 Å². The number of fused-ring (bicyclic) bond motifs is 2. The second-order valence-corrected chi connectivity index (χ2v) is 13.2. The van der Waals surface area contributed by atoms with Crippen molar-refractivity contribution in [3.8, 4) is 22.4 Å². The third-order valence-corrected chi connectivity index (χ3v) is 9.29. The van der Waals surface area contributed by atoms with E-state index < -0.39 is 0 Å². The number of rotatable bonds is 9. The number of carbonyl (C=O) groups is 1. The van der Waals surface area contributed by atoms with Crippen LogP contribution in [0.25, 0.3) is 43.4 Å². The average molecular weight is 798 g/mol. The van der Waals surface area contributed by atoms with Crippen LogP contribution in [0.5, 0.6) is 0 Å². The zero-order valence-electron chi connectivity index (χ0n) is 27.5. The normalized spacial score (nSPS) is 11.9. The molecule has 0 bridgehead atoms. The van der Waals surface area contributed by atoms with Crippen molar-refractivity contribution in [1.29, 1.82) is 0 Å². The van der Waals surface area contributed by atoms with Gasteiger partial charge in [0.05, 0.1) is 16.0 Å². The van der Waals surface area contributed by atoms with Crippen LogP contribution >= 0.6 is 11.3 Å². The van der Waals surface area contributed by atoms with Crippen LogP contribution in [-0.2, 0) is 30.3 Å². The first-order valence-electron chi connectivity index (χ1n) is 15.8. The maximum Gasteiger partial charge on any atom is 0.162 e. The third kappa shape index (κ3) is 8.76. The molecule has 0 spiro atoms. The summed E-state index contributed by atoms with van der Waals surface area (Å²) in [5.74, 6) is 0.547. The Morgan fingerprint density at radius 2 is 1.58 bits per heavy atom. The molecule has 0 aliphatic heterocycles. The van der Waals surface area contributed by atoms with Crippen LogP contribution in [0.4, 0.5) is 0 Å². The molecule has 0 aliphatic carbocycles. The maximum absolute atomic E-state index is 11.7. The van der Waals surface area contributed by atoms with Crippen LogP contribution in [0.2, 0.25) is 0 Å². The number of pyridine rings is 2. The Kier molecular flexibility index (Phi) is 13.2. The second-order valence-electron chi connectivity index (χ2n) is 12.3. The van der Waals surface area contributed by atoms with E-state index in [4.69, 9.17) is 0 Å². The summed E-state index contributed by atoms with van der Waals surface area (Å²) >= 11 is 1.73. The van der Waals surface area contributed by atoms with Gasteiger partial charge in [0, 0.05) is 61.7 Å². The van der Waals surface area contributed by atoms with Gasteiger partial charge in [-0.3, -0.25) is 14.8 Å². The molecule has 3 aromatic heterocycles. The van der Waals surface area contributed by atoms with Gasteiger partial charge in [0.2, 0.25) is 0 Å². The Labute approximate surface area is 286 Å². The quantitative estimate of drug-likeness (QED) is 0.0917. The van der Waals surface area contributed by atoms with Crippen molar-refractivity contribution in [2.45, 2.75) is 79.6 Å². The number of hydrogen-bond donors (Lipinski definition) is 1. The molecule has 6 heteroatoms. The van der Waals surface area contributed by atoms with E-state index in [0.717, 1.165) is 53.4 Å². The van der Waals surface area contributed by atoms with E-state index in [-0.39, 0.29) is 48.9 Å². The molecule has 1 N–H and O–H groups in total. The predicted molar refractivity (Wildman–Crippen MR) is 187 cm³/mol. The molecule has 5 aromatic rings. The number of aliphatic hydroxyl groups is 1. The number of aromatic nitrogens is 2. The number of benzene rings is 2. The van der Waals surface area contributed by atoms with Crippen molar-refractivity contribution < 1.29 is 30.0 Å². The van der Waals surface area contributed by atoms with Gasteiger partial charge in [0.1, 0.15) is 0 Å². The molecule has 239 valence electrons. The minimum Gasteiger partial charge on any atom is -0.512 e. The van der Waals surface area contributed by atoms with Crippen LogP contribution < -0.4 is 0 Å². The summed E-state index contributed by atoms with van der Waals surface area (Å²) < 4.78 is 1.21. The molecule has 0 saturated heterocycles. The van der Waals surface area contributed by atoms with Crippen molar-refractivity contribution in [3.63, 3.8) is 0 Å². The summed E-state index contributed by atoms with van der Waals surface area (Å²) in [6.07, 6.45) is 8.68. The van der Waals surface area contributed by atoms with E-state index >= 15 is 0 Å². The number of nitrogens with zero attached hydrogens (tertiary/aromatic N) is 2. The molecular formula is C39H45IrN2O2S-. The molecular weight excluding hydrogens is 753 g/mol. The Morgan fingerprint density at radius 1 is 0.911 bits per heavy atom. The maximum atomic E-state index is 11.7. The molecule has 45 heavy (non-hydrogen) atoms. The molecule has 0 aliphatic rings. The molecule has 0 atom stereocenters.